The van der Waals surface area contributed by atoms with Crippen molar-refractivity contribution in [1.29, 1.82) is 0 Å². The predicted octanol–water partition coefficient (Wildman–Crippen LogP) is 5.34. The molecule has 0 saturated carbocycles. The number of rotatable bonds is 6. The van der Waals surface area contributed by atoms with Gasteiger partial charge in [0.25, 0.3) is 5.22 Å². The normalized spacial score (nSPS) is 12.0. The Morgan fingerprint density at radius 1 is 1.15 bits per heavy atom. The standard InChI is InChI=1S/C18H16BrN3O2S2/c1-11(16(23)20-14-5-3-4-6-15(14)25-2)26-18-22-21-17(24-18)12-7-9-13(19)10-8-12/h3-11H,1-2H3,(H,20,23). The van der Waals surface area contributed by atoms with Gasteiger partial charge in [0, 0.05) is 14.9 Å². The van der Waals surface area contributed by atoms with E-state index in [1.54, 1.807) is 11.8 Å². The fourth-order valence-corrected chi connectivity index (χ4v) is 3.65. The van der Waals surface area contributed by atoms with Gasteiger partial charge >= 0.3 is 0 Å². The van der Waals surface area contributed by atoms with Gasteiger partial charge in [-0.1, -0.05) is 39.8 Å². The van der Waals surface area contributed by atoms with Gasteiger partial charge in [-0.05, 0) is 49.6 Å². The molecular formula is C18H16BrN3O2S2. The van der Waals surface area contributed by atoms with Gasteiger partial charge in [0.2, 0.25) is 11.8 Å². The van der Waals surface area contributed by atoms with E-state index in [0.29, 0.717) is 11.1 Å². The summed E-state index contributed by atoms with van der Waals surface area (Å²) >= 11 is 6.22. The zero-order chi connectivity index (χ0) is 18.5. The smallest absolute Gasteiger partial charge is 0.277 e. The number of amides is 1. The molecule has 0 aliphatic heterocycles. The average molecular weight is 450 g/mol. The molecule has 0 aliphatic rings. The minimum absolute atomic E-state index is 0.111. The molecule has 0 spiro atoms. The first-order valence-electron chi connectivity index (χ1n) is 7.77. The molecule has 0 bridgehead atoms. The third kappa shape index (κ3) is 4.69. The second-order valence-electron chi connectivity index (χ2n) is 5.33. The van der Waals surface area contributed by atoms with Crippen molar-refractivity contribution < 1.29 is 9.21 Å². The number of halogens is 1. The van der Waals surface area contributed by atoms with E-state index < -0.39 is 0 Å². The summed E-state index contributed by atoms with van der Waals surface area (Å²) in [6.45, 7) is 1.81. The lowest BCUT2D eigenvalue weighted by Gasteiger charge is -2.12. The molecule has 0 aliphatic carbocycles. The van der Waals surface area contributed by atoms with Crippen LogP contribution in [0.2, 0.25) is 0 Å². The summed E-state index contributed by atoms with van der Waals surface area (Å²) in [6, 6.07) is 15.3. The lowest BCUT2D eigenvalue weighted by Crippen LogP contribution is -2.22. The van der Waals surface area contributed by atoms with Crippen LogP contribution in [0, 0.1) is 0 Å². The van der Waals surface area contributed by atoms with E-state index in [1.165, 1.54) is 11.8 Å². The first kappa shape index (κ1) is 19.0. The van der Waals surface area contributed by atoms with Crippen LogP contribution in [0.15, 0.2) is 67.5 Å². The molecule has 1 heterocycles. The molecule has 0 fully saturated rings. The van der Waals surface area contributed by atoms with E-state index in [4.69, 9.17) is 4.42 Å². The maximum atomic E-state index is 12.5. The molecule has 26 heavy (non-hydrogen) atoms. The van der Waals surface area contributed by atoms with Gasteiger partial charge in [-0.15, -0.1) is 22.0 Å². The second kappa shape index (κ2) is 8.75. The van der Waals surface area contributed by atoms with Crippen LogP contribution in [0.4, 0.5) is 5.69 Å². The molecule has 1 unspecified atom stereocenters. The zero-order valence-corrected chi connectivity index (χ0v) is 17.3. The van der Waals surface area contributed by atoms with Gasteiger partial charge in [0.05, 0.1) is 10.9 Å². The highest BCUT2D eigenvalue weighted by Crippen LogP contribution is 2.29. The van der Waals surface area contributed by atoms with Gasteiger partial charge in [0.15, 0.2) is 0 Å². The molecule has 1 N–H and O–H groups in total. The summed E-state index contributed by atoms with van der Waals surface area (Å²) in [5.41, 5.74) is 1.64. The fourth-order valence-electron chi connectivity index (χ4n) is 2.15. The van der Waals surface area contributed by atoms with Crippen molar-refractivity contribution >= 4 is 51.0 Å². The topological polar surface area (TPSA) is 68.0 Å². The molecule has 1 atom stereocenters. The van der Waals surface area contributed by atoms with Gasteiger partial charge < -0.3 is 9.73 Å². The van der Waals surface area contributed by atoms with Crippen molar-refractivity contribution in [1.82, 2.24) is 10.2 Å². The summed E-state index contributed by atoms with van der Waals surface area (Å²) in [5.74, 6) is 0.320. The highest BCUT2D eigenvalue weighted by Gasteiger charge is 2.19. The summed E-state index contributed by atoms with van der Waals surface area (Å²) in [7, 11) is 0. The van der Waals surface area contributed by atoms with Crippen LogP contribution in [0.3, 0.4) is 0 Å². The molecule has 1 amide bonds. The molecular weight excluding hydrogens is 434 g/mol. The number of hydrogen-bond donors (Lipinski definition) is 1. The number of para-hydroxylation sites is 1. The minimum Gasteiger partial charge on any atom is -0.411 e. The maximum Gasteiger partial charge on any atom is 0.277 e. The Labute approximate surface area is 168 Å². The van der Waals surface area contributed by atoms with Crippen molar-refractivity contribution in [3.63, 3.8) is 0 Å². The van der Waals surface area contributed by atoms with E-state index in [9.17, 15) is 4.79 Å². The number of aromatic nitrogens is 2. The lowest BCUT2D eigenvalue weighted by molar-refractivity contribution is -0.115. The van der Waals surface area contributed by atoms with Crippen LogP contribution in [0.1, 0.15) is 6.92 Å². The number of thioether (sulfide) groups is 2. The van der Waals surface area contributed by atoms with Gasteiger partial charge in [0.1, 0.15) is 0 Å². The van der Waals surface area contributed by atoms with Crippen LogP contribution < -0.4 is 5.32 Å². The van der Waals surface area contributed by atoms with Crippen LogP contribution in [-0.4, -0.2) is 27.6 Å². The Morgan fingerprint density at radius 3 is 2.62 bits per heavy atom. The monoisotopic (exact) mass is 449 g/mol. The third-order valence-electron chi connectivity index (χ3n) is 3.51. The van der Waals surface area contributed by atoms with Crippen LogP contribution >= 0.6 is 39.5 Å². The van der Waals surface area contributed by atoms with Gasteiger partial charge in [-0.2, -0.15) is 0 Å². The number of carbonyl (C=O) groups is 1. The average Bonchev–Trinajstić information content (AvgIpc) is 3.11. The molecule has 5 nitrogen and oxygen atoms in total. The lowest BCUT2D eigenvalue weighted by atomic mass is 10.2. The number of carbonyl (C=O) groups excluding carboxylic acids is 1. The molecule has 1 aromatic heterocycles. The Morgan fingerprint density at radius 2 is 1.88 bits per heavy atom. The van der Waals surface area contributed by atoms with Gasteiger partial charge in [-0.3, -0.25) is 4.79 Å². The summed E-state index contributed by atoms with van der Waals surface area (Å²) in [6.07, 6.45) is 1.98. The maximum absolute atomic E-state index is 12.5. The van der Waals surface area contributed by atoms with E-state index in [-0.39, 0.29) is 11.2 Å². The number of nitrogens with one attached hydrogen (secondary N) is 1. The van der Waals surface area contributed by atoms with Crippen molar-refractivity contribution in [3.05, 3.63) is 53.0 Å². The first-order chi connectivity index (χ1) is 12.6. The molecule has 0 radical (unpaired) electrons. The summed E-state index contributed by atoms with van der Waals surface area (Å²) in [4.78, 5) is 13.5. The Balaban J connectivity index is 1.65. The largest absolute Gasteiger partial charge is 0.411 e. The van der Waals surface area contributed by atoms with Crippen LogP contribution in [-0.2, 0) is 4.79 Å². The zero-order valence-electron chi connectivity index (χ0n) is 14.1. The SMILES string of the molecule is CSc1ccccc1NC(=O)C(C)Sc1nnc(-c2ccc(Br)cc2)o1. The Kier molecular flexibility index (Phi) is 6.39. The fraction of sp³-hybridized carbons (Fsp3) is 0.167. The molecule has 2 aromatic carbocycles. The Bertz CT molecular complexity index is 899. The van der Waals surface area contributed by atoms with Gasteiger partial charge in [-0.25, -0.2) is 0 Å². The quantitative estimate of drug-likeness (QED) is 0.512. The van der Waals surface area contributed by atoms with Crippen LogP contribution in [0.5, 0.6) is 0 Å². The third-order valence-corrected chi connectivity index (χ3v) is 5.77. The van der Waals surface area contributed by atoms with Crippen molar-refractivity contribution in [2.24, 2.45) is 0 Å². The molecule has 3 rings (SSSR count). The van der Waals surface area contributed by atoms with E-state index >= 15 is 0 Å². The second-order valence-corrected chi connectivity index (χ2v) is 8.39. The summed E-state index contributed by atoms with van der Waals surface area (Å²) < 4.78 is 6.64. The van der Waals surface area contributed by atoms with E-state index in [0.717, 1.165) is 20.6 Å². The minimum atomic E-state index is -0.372. The molecule has 8 heteroatoms. The first-order valence-corrected chi connectivity index (χ1v) is 10.7. The summed E-state index contributed by atoms with van der Waals surface area (Å²) in [5, 5.41) is 11.0. The molecule has 0 saturated heterocycles. The van der Waals surface area contributed by atoms with Crippen molar-refractivity contribution in [2.45, 2.75) is 22.3 Å². The highest BCUT2D eigenvalue weighted by atomic mass is 79.9. The number of hydrogen-bond acceptors (Lipinski definition) is 6. The number of benzene rings is 2. The van der Waals surface area contributed by atoms with E-state index in [2.05, 4.69) is 31.4 Å². The highest BCUT2D eigenvalue weighted by molar-refractivity contribution is 9.10. The molecule has 134 valence electrons. The predicted molar refractivity (Wildman–Crippen MR) is 110 cm³/mol. The number of nitrogens with zero attached hydrogens (tertiary/aromatic N) is 2. The van der Waals surface area contributed by atoms with E-state index in [1.807, 2.05) is 61.7 Å². The number of anilines is 1. The van der Waals surface area contributed by atoms with Crippen molar-refractivity contribution in [3.8, 4) is 11.5 Å². The molecule has 3 aromatic rings. The van der Waals surface area contributed by atoms with Crippen LogP contribution in [0.25, 0.3) is 11.5 Å². The van der Waals surface area contributed by atoms with Crippen molar-refractivity contribution in [2.75, 3.05) is 11.6 Å². The Hall–Kier alpha value is -1.77.